The van der Waals surface area contributed by atoms with Gasteiger partial charge in [-0.3, -0.25) is 0 Å². The minimum atomic E-state index is -4.52. The SMILES string of the molecule is Cn1c(SCc2csc(COc3ccc(Cl)cc3)n2)nnc1C(F)(F)F. The Kier molecular flexibility index (Phi) is 5.73. The van der Waals surface area contributed by atoms with Crippen LogP contribution in [0.1, 0.15) is 16.5 Å². The third-order valence-corrected chi connectivity index (χ3v) is 5.39. The van der Waals surface area contributed by atoms with Crippen molar-refractivity contribution in [3.05, 3.63) is 51.2 Å². The summed E-state index contributed by atoms with van der Waals surface area (Å²) in [4.78, 5) is 4.41. The molecular formula is C15H12ClF3N4OS2. The molecule has 0 saturated heterocycles. The summed E-state index contributed by atoms with van der Waals surface area (Å²) in [7, 11) is 1.29. The molecule has 3 rings (SSSR count). The van der Waals surface area contributed by atoms with E-state index >= 15 is 0 Å². The third-order valence-electron chi connectivity index (χ3n) is 3.21. The number of rotatable bonds is 6. The zero-order valence-electron chi connectivity index (χ0n) is 13.3. The van der Waals surface area contributed by atoms with Gasteiger partial charge in [0.1, 0.15) is 17.4 Å². The average molecular weight is 421 g/mol. The first kappa shape index (κ1) is 19.0. The fourth-order valence-corrected chi connectivity index (χ4v) is 3.72. The van der Waals surface area contributed by atoms with Crippen LogP contribution in [0, 0.1) is 0 Å². The molecular weight excluding hydrogens is 409 g/mol. The van der Waals surface area contributed by atoms with E-state index < -0.39 is 12.0 Å². The van der Waals surface area contributed by atoms with E-state index in [-0.39, 0.29) is 5.16 Å². The number of ether oxygens (including phenoxy) is 1. The Morgan fingerprint density at radius 3 is 2.62 bits per heavy atom. The first-order chi connectivity index (χ1) is 12.3. The van der Waals surface area contributed by atoms with Crippen molar-refractivity contribution in [2.75, 3.05) is 0 Å². The fourth-order valence-electron chi connectivity index (χ4n) is 1.98. The van der Waals surface area contributed by atoms with Gasteiger partial charge in [0, 0.05) is 23.2 Å². The lowest BCUT2D eigenvalue weighted by Crippen LogP contribution is -2.12. The molecule has 0 unspecified atom stereocenters. The molecule has 0 N–H and O–H groups in total. The molecule has 0 amide bonds. The van der Waals surface area contributed by atoms with Crippen LogP contribution in [0.3, 0.4) is 0 Å². The standard InChI is InChI=1S/C15H12ClF3N4OS2/c1-23-13(15(17,18)19)21-22-14(23)26-8-10-7-25-12(20-10)6-24-11-4-2-9(16)3-5-11/h2-5,7H,6,8H2,1H3. The second kappa shape index (κ2) is 7.85. The van der Waals surface area contributed by atoms with E-state index in [1.807, 2.05) is 5.38 Å². The minimum Gasteiger partial charge on any atom is -0.486 e. The maximum absolute atomic E-state index is 12.7. The molecule has 2 heterocycles. The van der Waals surface area contributed by atoms with Gasteiger partial charge >= 0.3 is 6.18 Å². The molecule has 0 bridgehead atoms. The monoisotopic (exact) mass is 420 g/mol. The van der Waals surface area contributed by atoms with E-state index in [1.54, 1.807) is 24.3 Å². The predicted octanol–water partition coefficient (Wildman–Crippen LogP) is 4.82. The Hall–Kier alpha value is -1.78. The van der Waals surface area contributed by atoms with Crippen molar-refractivity contribution < 1.29 is 17.9 Å². The van der Waals surface area contributed by atoms with Crippen LogP contribution in [0.25, 0.3) is 0 Å². The molecule has 2 aromatic heterocycles. The van der Waals surface area contributed by atoms with Crippen LogP contribution in [0.2, 0.25) is 5.02 Å². The normalized spacial score (nSPS) is 11.7. The van der Waals surface area contributed by atoms with Crippen LogP contribution >= 0.6 is 34.7 Å². The average Bonchev–Trinajstić information content (AvgIpc) is 3.18. The number of hydrogen-bond donors (Lipinski definition) is 0. The van der Waals surface area contributed by atoms with Crippen LogP contribution in [-0.2, 0) is 25.6 Å². The van der Waals surface area contributed by atoms with Crippen LogP contribution in [0.15, 0.2) is 34.8 Å². The highest BCUT2D eigenvalue weighted by Crippen LogP contribution is 2.30. The van der Waals surface area contributed by atoms with E-state index in [2.05, 4.69) is 15.2 Å². The van der Waals surface area contributed by atoms with Crippen molar-refractivity contribution >= 4 is 34.7 Å². The van der Waals surface area contributed by atoms with Gasteiger partial charge in [-0.2, -0.15) is 13.2 Å². The Morgan fingerprint density at radius 2 is 1.96 bits per heavy atom. The molecule has 0 aliphatic heterocycles. The molecule has 1 aromatic carbocycles. The van der Waals surface area contributed by atoms with E-state index in [0.717, 1.165) is 27.0 Å². The maximum Gasteiger partial charge on any atom is 0.451 e. The van der Waals surface area contributed by atoms with Crippen LogP contribution in [0.4, 0.5) is 13.2 Å². The second-order valence-corrected chi connectivity index (χ2v) is 7.45. The molecule has 0 aliphatic carbocycles. The summed E-state index contributed by atoms with van der Waals surface area (Å²) in [6.45, 7) is 0.305. The van der Waals surface area contributed by atoms with Crippen molar-refractivity contribution in [3.8, 4) is 5.75 Å². The van der Waals surface area contributed by atoms with Gasteiger partial charge in [0.05, 0.1) is 5.69 Å². The minimum absolute atomic E-state index is 0.185. The lowest BCUT2D eigenvalue weighted by atomic mass is 10.3. The van der Waals surface area contributed by atoms with Crippen molar-refractivity contribution in [1.29, 1.82) is 0 Å². The Bertz CT molecular complexity index is 880. The number of halogens is 4. The molecule has 5 nitrogen and oxygen atoms in total. The van der Waals surface area contributed by atoms with Gasteiger partial charge in [-0.15, -0.1) is 21.5 Å². The van der Waals surface area contributed by atoms with Crippen molar-refractivity contribution in [2.45, 2.75) is 23.7 Å². The van der Waals surface area contributed by atoms with Gasteiger partial charge in [0.15, 0.2) is 5.16 Å². The van der Waals surface area contributed by atoms with Gasteiger partial charge in [0.2, 0.25) is 5.82 Å². The number of hydrogen-bond acceptors (Lipinski definition) is 6. The number of nitrogens with zero attached hydrogens (tertiary/aromatic N) is 4. The number of aromatic nitrogens is 4. The van der Waals surface area contributed by atoms with Crippen LogP contribution in [-0.4, -0.2) is 19.7 Å². The Morgan fingerprint density at radius 1 is 1.23 bits per heavy atom. The summed E-state index contributed by atoms with van der Waals surface area (Å²) in [6.07, 6.45) is -4.52. The maximum atomic E-state index is 12.7. The third kappa shape index (κ3) is 4.68. The zero-order chi connectivity index (χ0) is 18.7. The Labute approximate surface area is 160 Å². The van der Waals surface area contributed by atoms with Crippen LogP contribution < -0.4 is 4.74 Å². The smallest absolute Gasteiger partial charge is 0.451 e. The fraction of sp³-hybridized carbons (Fsp3) is 0.267. The van der Waals surface area contributed by atoms with E-state index in [9.17, 15) is 13.2 Å². The number of alkyl halides is 3. The molecule has 138 valence electrons. The zero-order valence-corrected chi connectivity index (χ0v) is 15.7. The molecule has 11 heteroatoms. The molecule has 3 aromatic rings. The van der Waals surface area contributed by atoms with Crippen molar-refractivity contribution in [2.24, 2.45) is 7.05 Å². The molecule has 0 atom stereocenters. The quantitative estimate of drug-likeness (QED) is 0.535. The van der Waals surface area contributed by atoms with E-state index in [0.29, 0.717) is 23.1 Å². The van der Waals surface area contributed by atoms with Gasteiger partial charge in [-0.05, 0) is 24.3 Å². The number of benzene rings is 1. The molecule has 0 aliphatic rings. The first-order valence-corrected chi connectivity index (χ1v) is 9.48. The highest BCUT2D eigenvalue weighted by molar-refractivity contribution is 7.98. The lowest BCUT2D eigenvalue weighted by molar-refractivity contribution is -0.147. The van der Waals surface area contributed by atoms with E-state index in [1.165, 1.54) is 18.4 Å². The summed E-state index contributed by atoms with van der Waals surface area (Å²) in [6, 6.07) is 6.99. The molecule has 0 fully saturated rings. The summed E-state index contributed by atoms with van der Waals surface area (Å²) >= 11 is 8.38. The number of thioether (sulfide) groups is 1. The van der Waals surface area contributed by atoms with Crippen LogP contribution in [0.5, 0.6) is 5.75 Å². The predicted molar refractivity (Wildman–Crippen MR) is 93.5 cm³/mol. The highest BCUT2D eigenvalue weighted by atomic mass is 35.5. The summed E-state index contributed by atoms with van der Waals surface area (Å²) in [5.74, 6) is 0.0518. The van der Waals surface area contributed by atoms with Gasteiger partial charge < -0.3 is 9.30 Å². The highest BCUT2D eigenvalue weighted by Gasteiger charge is 2.37. The van der Waals surface area contributed by atoms with Crippen molar-refractivity contribution in [1.82, 2.24) is 19.7 Å². The summed E-state index contributed by atoms with van der Waals surface area (Å²) in [5.41, 5.74) is 0.742. The topological polar surface area (TPSA) is 52.8 Å². The first-order valence-electron chi connectivity index (χ1n) is 7.24. The summed E-state index contributed by atoms with van der Waals surface area (Å²) < 4.78 is 44.7. The van der Waals surface area contributed by atoms with Gasteiger partial charge in [0.25, 0.3) is 0 Å². The van der Waals surface area contributed by atoms with Gasteiger partial charge in [-0.1, -0.05) is 23.4 Å². The summed E-state index contributed by atoms with van der Waals surface area (Å²) in [5, 5.41) is 10.2. The van der Waals surface area contributed by atoms with Crippen molar-refractivity contribution in [3.63, 3.8) is 0 Å². The lowest BCUT2D eigenvalue weighted by Gasteiger charge is -2.05. The molecule has 26 heavy (non-hydrogen) atoms. The van der Waals surface area contributed by atoms with Gasteiger partial charge in [-0.25, -0.2) is 4.98 Å². The van der Waals surface area contributed by atoms with E-state index in [4.69, 9.17) is 16.3 Å². The largest absolute Gasteiger partial charge is 0.486 e. The molecule has 0 spiro atoms. The molecule has 0 saturated carbocycles. The molecule has 0 radical (unpaired) electrons. The Balaban J connectivity index is 1.55. The second-order valence-electron chi connectivity index (χ2n) is 5.13. The number of thiazole rings is 1.